The van der Waals surface area contributed by atoms with Crippen LogP contribution in [0.2, 0.25) is 0 Å². The summed E-state index contributed by atoms with van der Waals surface area (Å²) in [7, 11) is 0. The highest BCUT2D eigenvalue weighted by molar-refractivity contribution is 7.09. The van der Waals surface area contributed by atoms with Crippen molar-refractivity contribution in [3.63, 3.8) is 0 Å². The smallest absolute Gasteiger partial charge is 0.146 e. The SMILES string of the molecule is Cc1csc(CNc2cc(F)c(C)cc2F)n1. The molecule has 0 saturated carbocycles. The van der Waals surface area contributed by atoms with E-state index in [1.54, 1.807) is 0 Å². The number of nitrogens with zero attached hydrogens (tertiary/aromatic N) is 1. The van der Waals surface area contributed by atoms with Crippen molar-refractivity contribution >= 4 is 17.0 Å². The number of thiazole rings is 1. The van der Waals surface area contributed by atoms with Crippen LogP contribution in [0.3, 0.4) is 0 Å². The van der Waals surface area contributed by atoms with Gasteiger partial charge in [-0.15, -0.1) is 11.3 Å². The second kappa shape index (κ2) is 4.79. The number of hydrogen-bond donors (Lipinski definition) is 1. The van der Waals surface area contributed by atoms with Gasteiger partial charge in [-0.25, -0.2) is 13.8 Å². The fraction of sp³-hybridized carbons (Fsp3) is 0.250. The quantitative estimate of drug-likeness (QED) is 0.904. The summed E-state index contributed by atoms with van der Waals surface area (Å²) in [6, 6.07) is 2.36. The average molecular weight is 254 g/mol. The third-order valence-electron chi connectivity index (χ3n) is 2.34. The van der Waals surface area contributed by atoms with Gasteiger partial charge < -0.3 is 5.32 Å². The lowest BCUT2D eigenvalue weighted by molar-refractivity contribution is 0.594. The Hall–Kier alpha value is -1.49. The molecule has 17 heavy (non-hydrogen) atoms. The van der Waals surface area contributed by atoms with E-state index >= 15 is 0 Å². The minimum absolute atomic E-state index is 0.168. The van der Waals surface area contributed by atoms with E-state index in [-0.39, 0.29) is 5.69 Å². The van der Waals surface area contributed by atoms with Crippen molar-refractivity contribution < 1.29 is 8.78 Å². The second-order valence-electron chi connectivity index (χ2n) is 3.82. The van der Waals surface area contributed by atoms with Gasteiger partial charge in [-0.1, -0.05) is 0 Å². The van der Waals surface area contributed by atoms with Crippen LogP contribution in [0, 0.1) is 25.5 Å². The van der Waals surface area contributed by atoms with Crippen LogP contribution in [0.25, 0.3) is 0 Å². The van der Waals surface area contributed by atoms with Gasteiger partial charge >= 0.3 is 0 Å². The van der Waals surface area contributed by atoms with Gasteiger partial charge in [-0.3, -0.25) is 0 Å². The van der Waals surface area contributed by atoms with Crippen molar-refractivity contribution in [2.75, 3.05) is 5.32 Å². The fourth-order valence-electron chi connectivity index (χ4n) is 1.44. The monoisotopic (exact) mass is 254 g/mol. The molecule has 1 heterocycles. The van der Waals surface area contributed by atoms with Crippen LogP contribution in [0.4, 0.5) is 14.5 Å². The maximum absolute atomic E-state index is 13.5. The number of rotatable bonds is 3. The van der Waals surface area contributed by atoms with Crippen LogP contribution in [0.5, 0.6) is 0 Å². The molecule has 1 aromatic carbocycles. The largest absolute Gasteiger partial charge is 0.376 e. The number of hydrogen-bond acceptors (Lipinski definition) is 3. The Morgan fingerprint density at radius 3 is 2.65 bits per heavy atom. The van der Waals surface area contributed by atoms with Crippen LogP contribution in [0.1, 0.15) is 16.3 Å². The van der Waals surface area contributed by atoms with Crippen molar-refractivity contribution in [1.29, 1.82) is 0 Å². The molecule has 0 amide bonds. The van der Waals surface area contributed by atoms with Gasteiger partial charge in [0.1, 0.15) is 16.6 Å². The number of aryl methyl sites for hydroxylation is 2. The summed E-state index contributed by atoms with van der Waals surface area (Å²) in [5, 5.41) is 5.61. The summed E-state index contributed by atoms with van der Waals surface area (Å²) in [5.41, 5.74) is 1.40. The average Bonchev–Trinajstić information content (AvgIpc) is 2.68. The van der Waals surface area contributed by atoms with E-state index < -0.39 is 11.6 Å². The van der Waals surface area contributed by atoms with Crippen LogP contribution < -0.4 is 5.32 Å². The van der Waals surface area contributed by atoms with Gasteiger partial charge in [-0.05, 0) is 25.5 Å². The summed E-state index contributed by atoms with van der Waals surface area (Å²) >= 11 is 1.49. The van der Waals surface area contributed by atoms with E-state index in [1.807, 2.05) is 12.3 Å². The van der Waals surface area contributed by atoms with E-state index in [9.17, 15) is 8.78 Å². The third-order valence-corrected chi connectivity index (χ3v) is 3.31. The Kier molecular flexibility index (Phi) is 3.38. The van der Waals surface area contributed by atoms with Crippen LogP contribution >= 0.6 is 11.3 Å². The molecule has 0 radical (unpaired) electrons. The van der Waals surface area contributed by atoms with Gasteiger partial charge in [0.2, 0.25) is 0 Å². The zero-order valence-corrected chi connectivity index (χ0v) is 10.4. The summed E-state index contributed by atoms with van der Waals surface area (Å²) in [6.07, 6.45) is 0. The summed E-state index contributed by atoms with van der Waals surface area (Å²) < 4.78 is 26.8. The van der Waals surface area contributed by atoms with Crippen molar-refractivity contribution in [1.82, 2.24) is 4.98 Å². The molecule has 2 aromatic rings. The summed E-state index contributed by atoms with van der Waals surface area (Å²) in [5.74, 6) is -0.860. The van der Waals surface area contributed by atoms with E-state index in [2.05, 4.69) is 10.3 Å². The van der Waals surface area contributed by atoms with Crippen LogP contribution in [0.15, 0.2) is 17.5 Å². The molecule has 1 aromatic heterocycles. The van der Waals surface area contributed by atoms with Gasteiger partial charge in [0.05, 0.1) is 12.2 Å². The van der Waals surface area contributed by atoms with Crippen molar-refractivity contribution in [3.05, 3.63) is 45.4 Å². The highest BCUT2D eigenvalue weighted by Crippen LogP contribution is 2.20. The molecule has 2 nitrogen and oxygen atoms in total. The number of anilines is 1. The first-order chi connectivity index (χ1) is 8.06. The highest BCUT2D eigenvalue weighted by atomic mass is 32.1. The Labute approximate surface area is 102 Å². The first-order valence-corrected chi connectivity index (χ1v) is 6.05. The normalized spacial score (nSPS) is 10.6. The molecule has 0 bridgehead atoms. The first kappa shape index (κ1) is 12.0. The minimum Gasteiger partial charge on any atom is -0.376 e. The molecule has 0 spiro atoms. The van der Waals surface area contributed by atoms with E-state index in [4.69, 9.17) is 0 Å². The lowest BCUT2D eigenvalue weighted by atomic mass is 10.2. The lowest BCUT2D eigenvalue weighted by Gasteiger charge is -2.07. The lowest BCUT2D eigenvalue weighted by Crippen LogP contribution is -2.02. The molecule has 0 aliphatic carbocycles. The third kappa shape index (κ3) is 2.79. The molecular weight excluding hydrogens is 242 g/mol. The molecule has 90 valence electrons. The zero-order valence-electron chi connectivity index (χ0n) is 9.55. The molecular formula is C12H12F2N2S. The van der Waals surface area contributed by atoms with Crippen LogP contribution in [-0.4, -0.2) is 4.98 Å². The maximum Gasteiger partial charge on any atom is 0.146 e. The van der Waals surface area contributed by atoms with E-state index in [0.717, 1.165) is 10.7 Å². The van der Waals surface area contributed by atoms with Gasteiger partial charge in [0.15, 0.2) is 0 Å². The molecule has 2 rings (SSSR count). The van der Waals surface area contributed by atoms with Crippen molar-refractivity contribution in [3.8, 4) is 0 Å². The maximum atomic E-state index is 13.5. The predicted molar refractivity (Wildman–Crippen MR) is 65.3 cm³/mol. The Balaban J connectivity index is 2.11. The van der Waals surface area contributed by atoms with Crippen molar-refractivity contribution in [2.45, 2.75) is 20.4 Å². The molecule has 0 aliphatic rings. The van der Waals surface area contributed by atoms with Gasteiger partial charge in [0.25, 0.3) is 0 Å². The molecule has 5 heteroatoms. The Morgan fingerprint density at radius 1 is 1.24 bits per heavy atom. The van der Waals surface area contributed by atoms with Gasteiger partial charge in [0, 0.05) is 17.1 Å². The number of aromatic nitrogens is 1. The standard InChI is InChI=1S/C12H12F2N2S/c1-7-3-10(14)11(4-9(7)13)15-5-12-16-8(2)6-17-12/h3-4,6,15H,5H2,1-2H3. The van der Waals surface area contributed by atoms with Gasteiger partial charge in [-0.2, -0.15) is 0 Å². The minimum atomic E-state index is -0.447. The summed E-state index contributed by atoms with van der Waals surface area (Å²) in [6.45, 7) is 3.83. The number of halogens is 2. The van der Waals surface area contributed by atoms with E-state index in [0.29, 0.717) is 12.1 Å². The second-order valence-corrected chi connectivity index (χ2v) is 4.76. The molecule has 0 atom stereocenters. The topological polar surface area (TPSA) is 24.9 Å². The van der Waals surface area contributed by atoms with Crippen LogP contribution in [-0.2, 0) is 6.54 Å². The summed E-state index contributed by atoms with van der Waals surface area (Å²) in [4.78, 5) is 4.24. The highest BCUT2D eigenvalue weighted by Gasteiger charge is 2.07. The zero-order chi connectivity index (χ0) is 12.4. The molecule has 0 fully saturated rings. The van der Waals surface area contributed by atoms with Crippen molar-refractivity contribution in [2.24, 2.45) is 0 Å². The number of nitrogens with one attached hydrogen (secondary N) is 1. The molecule has 0 unspecified atom stereocenters. The molecule has 1 N–H and O–H groups in total. The predicted octanol–water partition coefficient (Wildman–Crippen LogP) is 3.65. The fourth-order valence-corrected chi connectivity index (χ4v) is 2.15. The Bertz CT molecular complexity index is 537. The number of benzene rings is 1. The Morgan fingerprint density at radius 2 is 2.00 bits per heavy atom. The van der Waals surface area contributed by atoms with E-state index in [1.165, 1.54) is 30.4 Å². The molecule has 0 saturated heterocycles. The first-order valence-electron chi connectivity index (χ1n) is 5.17. The molecule has 0 aliphatic heterocycles.